The molecule has 0 spiro atoms. The van der Waals surface area contributed by atoms with Crippen molar-refractivity contribution in [2.75, 3.05) is 0 Å². The largest absolute Gasteiger partial charge is 0.456 e. The summed E-state index contributed by atoms with van der Waals surface area (Å²) in [6, 6.07) is 0. The second-order valence-corrected chi connectivity index (χ2v) is 14.8. The number of cyclic esters (lactones) is 1. The van der Waals surface area contributed by atoms with E-state index < -0.39 is 48.7 Å². The van der Waals surface area contributed by atoms with Gasteiger partial charge >= 0.3 is 5.97 Å². The Kier molecular flexibility index (Phi) is 29.3. The standard InChI is InChI=1S/C41H76O8/c1-2-3-4-5-6-7-8-9-10-11-12-13-14-15-16-17-18-19-20-21-22-23-24-25-26-34(42)29-35(43)30-36(44)31-37(45)32-38(46)33-40-39(47)27-28-41(48)49-40/h13-14,27-28,34-40,42-47H,2-12,15-26,29-33H2,1H3/b14-13-/t34-,35+,36+,37+,38+,39+,40+/m1/s1. The van der Waals surface area contributed by atoms with Gasteiger partial charge in [0.25, 0.3) is 0 Å². The summed E-state index contributed by atoms with van der Waals surface area (Å²) in [7, 11) is 0. The van der Waals surface area contributed by atoms with Gasteiger partial charge in [-0.1, -0.05) is 135 Å². The summed E-state index contributed by atoms with van der Waals surface area (Å²) in [6.07, 6.45) is 30.3. The van der Waals surface area contributed by atoms with Gasteiger partial charge in [-0.3, -0.25) is 0 Å². The Morgan fingerprint density at radius 2 is 0.959 bits per heavy atom. The summed E-state index contributed by atoms with van der Waals surface area (Å²) < 4.78 is 5.00. The van der Waals surface area contributed by atoms with Crippen molar-refractivity contribution in [3.63, 3.8) is 0 Å². The second-order valence-electron chi connectivity index (χ2n) is 14.8. The molecule has 0 aromatic carbocycles. The van der Waals surface area contributed by atoms with Gasteiger partial charge in [-0.05, 0) is 63.9 Å². The molecule has 0 unspecified atom stereocenters. The zero-order valence-electron chi connectivity index (χ0n) is 31.1. The number of aliphatic hydroxyl groups is 6. The highest BCUT2D eigenvalue weighted by molar-refractivity contribution is 5.83. The van der Waals surface area contributed by atoms with E-state index in [9.17, 15) is 35.4 Å². The normalized spacial score (nSPS) is 19.6. The van der Waals surface area contributed by atoms with Crippen LogP contribution >= 0.6 is 0 Å². The van der Waals surface area contributed by atoms with Crippen LogP contribution in [-0.2, 0) is 9.53 Å². The second kappa shape index (κ2) is 31.4. The molecule has 8 heteroatoms. The molecule has 49 heavy (non-hydrogen) atoms. The maximum Gasteiger partial charge on any atom is 0.330 e. The fraction of sp³-hybridized carbons (Fsp3) is 0.878. The lowest BCUT2D eigenvalue weighted by Gasteiger charge is -2.27. The number of unbranched alkanes of at least 4 members (excludes halogenated alkanes) is 20. The first-order valence-electron chi connectivity index (χ1n) is 20.3. The third-order valence-electron chi connectivity index (χ3n) is 9.81. The van der Waals surface area contributed by atoms with Crippen molar-refractivity contribution in [1.29, 1.82) is 0 Å². The average Bonchev–Trinajstić information content (AvgIpc) is 3.04. The van der Waals surface area contributed by atoms with Gasteiger partial charge in [0, 0.05) is 12.5 Å². The summed E-state index contributed by atoms with van der Waals surface area (Å²) in [5.74, 6) is -0.589. The van der Waals surface area contributed by atoms with Gasteiger partial charge in [-0.15, -0.1) is 0 Å². The van der Waals surface area contributed by atoms with Crippen molar-refractivity contribution in [2.45, 2.75) is 229 Å². The zero-order valence-corrected chi connectivity index (χ0v) is 31.1. The van der Waals surface area contributed by atoms with Crippen molar-refractivity contribution in [3.05, 3.63) is 24.3 Å². The Hall–Kier alpha value is -1.29. The Morgan fingerprint density at radius 3 is 1.43 bits per heavy atom. The first-order valence-corrected chi connectivity index (χ1v) is 20.3. The van der Waals surface area contributed by atoms with E-state index in [1.165, 1.54) is 134 Å². The molecule has 7 atom stereocenters. The van der Waals surface area contributed by atoms with Gasteiger partial charge in [0.2, 0.25) is 0 Å². The summed E-state index contributed by atoms with van der Waals surface area (Å²) in [5, 5.41) is 61.2. The molecule has 0 amide bonds. The van der Waals surface area contributed by atoms with Gasteiger partial charge in [0.15, 0.2) is 0 Å². The van der Waals surface area contributed by atoms with Crippen molar-refractivity contribution < 1.29 is 40.2 Å². The molecule has 0 bridgehead atoms. The van der Waals surface area contributed by atoms with Crippen LogP contribution in [0, 0.1) is 0 Å². The summed E-state index contributed by atoms with van der Waals surface area (Å²) in [5.41, 5.74) is 0. The van der Waals surface area contributed by atoms with Gasteiger partial charge < -0.3 is 35.4 Å². The first kappa shape index (κ1) is 45.7. The van der Waals surface area contributed by atoms with Crippen LogP contribution in [0.25, 0.3) is 0 Å². The molecule has 1 heterocycles. The predicted molar refractivity (Wildman–Crippen MR) is 199 cm³/mol. The van der Waals surface area contributed by atoms with E-state index >= 15 is 0 Å². The van der Waals surface area contributed by atoms with Gasteiger partial charge in [0.05, 0.1) is 30.5 Å². The highest BCUT2D eigenvalue weighted by Crippen LogP contribution is 2.20. The van der Waals surface area contributed by atoms with Gasteiger partial charge in [-0.25, -0.2) is 4.79 Å². The number of hydrogen-bond acceptors (Lipinski definition) is 8. The topological polar surface area (TPSA) is 148 Å². The van der Waals surface area contributed by atoms with Gasteiger partial charge in [-0.2, -0.15) is 0 Å². The van der Waals surface area contributed by atoms with Crippen LogP contribution in [0.2, 0.25) is 0 Å². The van der Waals surface area contributed by atoms with E-state index in [1.54, 1.807) is 0 Å². The third-order valence-corrected chi connectivity index (χ3v) is 9.81. The van der Waals surface area contributed by atoms with Crippen LogP contribution in [0.1, 0.15) is 187 Å². The smallest absolute Gasteiger partial charge is 0.330 e. The Balaban J connectivity index is 1.89. The van der Waals surface area contributed by atoms with Gasteiger partial charge in [0.1, 0.15) is 12.2 Å². The Morgan fingerprint density at radius 1 is 0.571 bits per heavy atom. The minimum absolute atomic E-state index is 0.0308. The highest BCUT2D eigenvalue weighted by atomic mass is 16.6. The van der Waals surface area contributed by atoms with E-state index in [0.29, 0.717) is 6.42 Å². The lowest BCUT2D eigenvalue weighted by Crippen LogP contribution is -2.37. The van der Waals surface area contributed by atoms with Crippen LogP contribution in [0.15, 0.2) is 24.3 Å². The van der Waals surface area contributed by atoms with Crippen molar-refractivity contribution in [3.8, 4) is 0 Å². The van der Waals surface area contributed by atoms with E-state index in [1.807, 2.05) is 0 Å². The van der Waals surface area contributed by atoms with Crippen LogP contribution in [0.3, 0.4) is 0 Å². The lowest BCUT2D eigenvalue weighted by atomic mass is 9.95. The SMILES string of the molecule is CCCCCCCCCCCC/C=C\CCCCCCCCCCCC[C@@H](O)C[C@H](O)C[C@H](O)C[C@H](O)C[C@H](O)C[C@@H]1OC(=O)C=C[C@@H]1O. The van der Waals surface area contributed by atoms with E-state index in [0.717, 1.165) is 18.9 Å². The average molecular weight is 697 g/mol. The molecule has 8 nitrogen and oxygen atoms in total. The molecule has 1 rings (SSSR count). The molecule has 0 radical (unpaired) electrons. The first-order chi connectivity index (χ1) is 23.7. The number of esters is 1. The number of carbonyl (C=O) groups is 1. The molecular weight excluding hydrogens is 620 g/mol. The molecule has 1 aliphatic rings. The third kappa shape index (κ3) is 28.0. The zero-order chi connectivity index (χ0) is 36.0. The summed E-state index contributed by atoms with van der Waals surface area (Å²) in [6.45, 7) is 2.28. The molecule has 0 saturated heterocycles. The Bertz CT molecular complexity index is 817. The minimum atomic E-state index is -1.03. The van der Waals surface area contributed by atoms with Crippen molar-refractivity contribution >= 4 is 5.97 Å². The van der Waals surface area contributed by atoms with Crippen molar-refractivity contribution in [1.82, 2.24) is 0 Å². The highest BCUT2D eigenvalue weighted by Gasteiger charge is 2.29. The monoisotopic (exact) mass is 697 g/mol. The lowest BCUT2D eigenvalue weighted by molar-refractivity contribution is -0.151. The molecule has 288 valence electrons. The van der Waals surface area contributed by atoms with Crippen LogP contribution < -0.4 is 0 Å². The molecular formula is C41H76O8. The maximum atomic E-state index is 11.3. The number of rotatable bonds is 34. The van der Waals surface area contributed by atoms with Crippen LogP contribution in [0.4, 0.5) is 0 Å². The molecule has 0 aliphatic carbocycles. The number of ether oxygens (including phenoxy) is 1. The van der Waals surface area contributed by atoms with Crippen LogP contribution in [0.5, 0.6) is 0 Å². The quantitative estimate of drug-likeness (QED) is 0.0225. The number of hydrogen-bond donors (Lipinski definition) is 6. The molecule has 0 fully saturated rings. The maximum absolute atomic E-state index is 11.3. The predicted octanol–water partition coefficient (Wildman–Crippen LogP) is 8.13. The van der Waals surface area contributed by atoms with Crippen molar-refractivity contribution in [2.24, 2.45) is 0 Å². The molecule has 1 aliphatic heterocycles. The molecule has 0 aromatic rings. The fourth-order valence-electron chi connectivity index (χ4n) is 6.82. The van der Waals surface area contributed by atoms with E-state index in [-0.39, 0.29) is 32.1 Å². The fourth-order valence-corrected chi connectivity index (χ4v) is 6.82. The number of carbonyl (C=O) groups excluding carboxylic acids is 1. The molecule has 0 saturated carbocycles. The number of allylic oxidation sites excluding steroid dienone is 2. The number of aliphatic hydroxyl groups excluding tert-OH is 6. The summed E-state index contributed by atoms with van der Waals surface area (Å²) >= 11 is 0. The Labute approximate surface area is 299 Å². The molecule has 6 N–H and O–H groups in total. The van der Waals surface area contributed by atoms with E-state index in [2.05, 4.69) is 19.1 Å². The minimum Gasteiger partial charge on any atom is -0.456 e. The summed E-state index contributed by atoms with van der Waals surface area (Å²) in [4.78, 5) is 11.3. The van der Waals surface area contributed by atoms with Crippen LogP contribution in [-0.4, -0.2) is 79.3 Å². The van der Waals surface area contributed by atoms with E-state index in [4.69, 9.17) is 4.74 Å². The molecule has 0 aromatic heterocycles.